The fourth-order valence-corrected chi connectivity index (χ4v) is 2.18. The molecule has 0 aliphatic rings. The van der Waals surface area contributed by atoms with Crippen LogP contribution in [0.15, 0.2) is 23.0 Å². The molecule has 0 aliphatic heterocycles. The van der Waals surface area contributed by atoms with Crippen molar-refractivity contribution in [3.63, 3.8) is 0 Å². The van der Waals surface area contributed by atoms with Crippen LogP contribution in [0.25, 0.3) is 11.0 Å². The van der Waals surface area contributed by atoms with Gasteiger partial charge in [0.15, 0.2) is 0 Å². The number of imidazole rings is 1. The Labute approximate surface area is 105 Å². The molecule has 0 bridgehead atoms. The highest BCUT2D eigenvalue weighted by molar-refractivity contribution is 7.84. The lowest BCUT2D eigenvalue weighted by atomic mass is 10.2. The minimum Gasteiger partial charge on any atom is -0.478 e. The molecule has 0 amide bonds. The summed E-state index contributed by atoms with van der Waals surface area (Å²) in [5, 5.41) is 8.86. The Hall–Kier alpha value is -1.89. The SMILES string of the molecule is CS(=O)CCn1c(=O)[nH]c2cc(C(=O)O)ccc21. The van der Waals surface area contributed by atoms with Crippen molar-refractivity contribution < 1.29 is 14.1 Å². The number of aryl methyl sites for hydroxylation is 1. The van der Waals surface area contributed by atoms with E-state index in [2.05, 4.69) is 4.98 Å². The van der Waals surface area contributed by atoms with Crippen LogP contribution in [-0.4, -0.2) is 36.8 Å². The molecule has 1 aromatic heterocycles. The molecule has 6 nitrogen and oxygen atoms in total. The van der Waals surface area contributed by atoms with Crippen molar-refractivity contribution in [2.45, 2.75) is 6.54 Å². The first kappa shape index (κ1) is 12.6. The fraction of sp³-hybridized carbons (Fsp3) is 0.273. The van der Waals surface area contributed by atoms with Gasteiger partial charge in [-0.1, -0.05) is 0 Å². The Kier molecular flexibility index (Phi) is 3.33. The van der Waals surface area contributed by atoms with Gasteiger partial charge in [0.05, 0.1) is 16.6 Å². The number of nitrogens with one attached hydrogen (secondary N) is 1. The van der Waals surface area contributed by atoms with Crippen LogP contribution in [0.4, 0.5) is 0 Å². The van der Waals surface area contributed by atoms with E-state index in [4.69, 9.17) is 5.11 Å². The molecule has 96 valence electrons. The van der Waals surface area contributed by atoms with E-state index in [1.165, 1.54) is 16.7 Å². The second-order valence-electron chi connectivity index (χ2n) is 3.90. The number of rotatable bonds is 4. The van der Waals surface area contributed by atoms with Gasteiger partial charge in [0.1, 0.15) is 0 Å². The van der Waals surface area contributed by atoms with E-state index in [1.807, 2.05) is 0 Å². The van der Waals surface area contributed by atoms with Crippen LogP contribution in [-0.2, 0) is 17.3 Å². The van der Waals surface area contributed by atoms with Crippen LogP contribution in [0.1, 0.15) is 10.4 Å². The molecule has 18 heavy (non-hydrogen) atoms. The standard InChI is InChI=1S/C11H12N2O4S/c1-18(17)5-4-13-9-3-2-7(10(14)15)6-8(9)12-11(13)16/h2-3,6H,4-5H2,1H3,(H,12,16)(H,14,15). The number of hydrogen-bond donors (Lipinski definition) is 2. The Bertz CT molecular complexity index is 686. The monoisotopic (exact) mass is 268 g/mol. The van der Waals surface area contributed by atoms with Crippen molar-refractivity contribution in [3.8, 4) is 0 Å². The number of carboxylic acids is 1. The lowest BCUT2D eigenvalue weighted by Gasteiger charge is -2.01. The average Bonchev–Trinajstić information content (AvgIpc) is 2.60. The first-order valence-corrected chi connectivity index (χ1v) is 6.97. The van der Waals surface area contributed by atoms with Crippen LogP contribution in [0.2, 0.25) is 0 Å². The summed E-state index contributed by atoms with van der Waals surface area (Å²) < 4.78 is 12.5. The van der Waals surface area contributed by atoms with Gasteiger partial charge in [0.2, 0.25) is 0 Å². The van der Waals surface area contributed by atoms with E-state index in [-0.39, 0.29) is 11.3 Å². The number of aromatic carboxylic acids is 1. The zero-order valence-corrected chi connectivity index (χ0v) is 10.5. The number of nitrogens with zero attached hydrogens (tertiary/aromatic N) is 1. The van der Waals surface area contributed by atoms with Crippen LogP contribution in [0, 0.1) is 0 Å². The number of H-pyrrole nitrogens is 1. The second-order valence-corrected chi connectivity index (χ2v) is 5.45. The quantitative estimate of drug-likeness (QED) is 0.839. The topological polar surface area (TPSA) is 92.2 Å². The molecule has 1 heterocycles. The van der Waals surface area contributed by atoms with Gasteiger partial charge in [0.25, 0.3) is 0 Å². The van der Waals surface area contributed by atoms with Crippen LogP contribution in [0.3, 0.4) is 0 Å². The maximum Gasteiger partial charge on any atom is 0.335 e. The molecule has 7 heteroatoms. The number of fused-ring (bicyclic) bond motifs is 1. The first-order valence-electron chi connectivity index (χ1n) is 5.25. The summed E-state index contributed by atoms with van der Waals surface area (Å²) in [4.78, 5) is 25.1. The first-order chi connectivity index (χ1) is 8.49. The molecule has 2 aromatic rings. The van der Waals surface area contributed by atoms with E-state index in [9.17, 15) is 13.8 Å². The summed E-state index contributed by atoms with van der Waals surface area (Å²) in [6.45, 7) is 0.342. The maximum absolute atomic E-state index is 11.7. The third-order valence-corrected chi connectivity index (χ3v) is 3.38. The van der Waals surface area contributed by atoms with Gasteiger partial charge in [-0.25, -0.2) is 9.59 Å². The predicted molar refractivity (Wildman–Crippen MR) is 68.5 cm³/mol. The van der Waals surface area contributed by atoms with E-state index < -0.39 is 16.8 Å². The summed E-state index contributed by atoms with van der Waals surface area (Å²) in [6.07, 6.45) is 1.57. The molecule has 1 atom stereocenters. The summed E-state index contributed by atoms with van der Waals surface area (Å²) in [5.74, 6) is -0.659. The average molecular weight is 268 g/mol. The van der Waals surface area contributed by atoms with Crippen molar-refractivity contribution in [1.29, 1.82) is 0 Å². The summed E-state index contributed by atoms with van der Waals surface area (Å²) in [5.41, 5.74) is 0.894. The Morgan fingerprint density at radius 3 is 2.83 bits per heavy atom. The van der Waals surface area contributed by atoms with Gasteiger partial charge in [-0.3, -0.25) is 8.78 Å². The van der Waals surface area contributed by atoms with Gasteiger partial charge in [0, 0.05) is 29.4 Å². The molecule has 1 unspecified atom stereocenters. The van der Waals surface area contributed by atoms with Gasteiger partial charge in [-0.15, -0.1) is 0 Å². The molecule has 0 spiro atoms. The Morgan fingerprint density at radius 2 is 2.22 bits per heavy atom. The van der Waals surface area contributed by atoms with E-state index in [0.717, 1.165) is 0 Å². The van der Waals surface area contributed by atoms with Gasteiger partial charge < -0.3 is 10.1 Å². The van der Waals surface area contributed by atoms with Crippen molar-refractivity contribution in [2.24, 2.45) is 0 Å². The number of aromatic nitrogens is 2. The van der Waals surface area contributed by atoms with E-state index in [0.29, 0.717) is 23.3 Å². The Morgan fingerprint density at radius 1 is 1.50 bits per heavy atom. The molecule has 0 saturated carbocycles. The largest absolute Gasteiger partial charge is 0.478 e. The molecular weight excluding hydrogens is 256 g/mol. The normalized spacial score (nSPS) is 12.7. The highest BCUT2D eigenvalue weighted by Gasteiger charge is 2.10. The van der Waals surface area contributed by atoms with Crippen LogP contribution < -0.4 is 5.69 Å². The summed E-state index contributed by atoms with van der Waals surface area (Å²) >= 11 is 0. The number of hydrogen-bond acceptors (Lipinski definition) is 3. The van der Waals surface area contributed by atoms with Gasteiger partial charge >= 0.3 is 11.7 Å². The lowest BCUT2D eigenvalue weighted by molar-refractivity contribution is 0.0697. The highest BCUT2D eigenvalue weighted by Crippen LogP contribution is 2.12. The number of carboxylic acid groups (broad SMARTS) is 1. The smallest absolute Gasteiger partial charge is 0.335 e. The third kappa shape index (κ3) is 2.35. The molecule has 0 saturated heterocycles. The fourth-order valence-electron chi connectivity index (χ4n) is 1.74. The molecular formula is C11H12N2O4S. The third-order valence-electron chi connectivity index (χ3n) is 2.62. The van der Waals surface area contributed by atoms with Gasteiger partial charge in [-0.2, -0.15) is 0 Å². The molecule has 0 radical (unpaired) electrons. The van der Waals surface area contributed by atoms with Crippen molar-refractivity contribution in [1.82, 2.24) is 9.55 Å². The van der Waals surface area contributed by atoms with Crippen molar-refractivity contribution in [3.05, 3.63) is 34.2 Å². The van der Waals surface area contributed by atoms with Crippen molar-refractivity contribution in [2.75, 3.05) is 12.0 Å². The Balaban J connectivity index is 2.49. The zero-order chi connectivity index (χ0) is 13.3. The number of aromatic amines is 1. The maximum atomic E-state index is 11.7. The molecule has 2 rings (SSSR count). The second kappa shape index (κ2) is 4.77. The molecule has 2 N–H and O–H groups in total. The van der Waals surface area contributed by atoms with Gasteiger partial charge in [-0.05, 0) is 18.2 Å². The molecule has 0 aliphatic carbocycles. The number of carbonyl (C=O) groups is 1. The lowest BCUT2D eigenvalue weighted by Crippen LogP contribution is -2.19. The highest BCUT2D eigenvalue weighted by atomic mass is 32.2. The van der Waals surface area contributed by atoms with Crippen LogP contribution in [0.5, 0.6) is 0 Å². The summed E-state index contributed by atoms with van der Waals surface area (Å²) in [6, 6.07) is 4.44. The minimum atomic E-state index is -1.04. The van der Waals surface area contributed by atoms with Crippen LogP contribution >= 0.6 is 0 Å². The zero-order valence-electron chi connectivity index (χ0n) is 9.67. The van der Waals surface area contributed by atoms with Crippen molar-refractivity contribution >= 4 is 27.8 Å². The van der Waals surface area contributed by atoms with E-state index >= 15 is 0 Å². The van der Waals surface area contributed by atoms with E-state index in [1.54, 1.807) is 12.3 Å². The molecule has 1 aromatic carbocycles. The molecule has 0 fully saturated rings. The number of benzene rings is 1. The minimum absolute atomic E-state index is 0.120. The predicted octanol–water partition coefficient (Wildman–Crippen LogP) is 0.406. The summed E-state index contributed by atoms with van der Waals surface area (Å²) in [7, 11) is -0.981.